The Hall–Kier alpha value is -0.240. The van der Waals surface area contributed by atoms with Crippen LogP contribution in [0.5, 0.6) is 0 Å². The Morgan fingerprint density at radius 1 is 0.895 bits per heavy atom. The summed E-state index contributed by atoms with van der Waals surface area (Å²) in [7, 11) is 0. The highest BCUT2D eigenvalue weighted by Crippen LogP contribution is 1.97. The molecule has 0 amide bonds. The molecule has 116 valence electrons. The van der Waals surface area contributed by atoms with Crippen LogP contribution in [0.1, 0.15) is 20.8 Å². The van der Waals surface area contributed by atoms with Crippen LogP contribution in [0.3, 0.4) is 0 Å². The van der Waals surface area contributed by atoms with Crippen molar-refractivity contribution in [3.8, 4) is 0 Å². The number of aliphatic hydroxyl groups is 2. The first kappa shape index (κ1) is 18.8. The van der Waals surface area contributed by atoms with Crippen molar-refractivity contribution in [2.75, 3.05) is 46.2 Å². The third-order valence-electron chi connectivity index (χ3n) is 2.24. The molecule has 0 aromatic rings. The van der Waals surface area contributed by atoms with Gasteiger partial charge in [0.1, 0.15) is 0 Å². The molecule has 3 unspecified atom stereocenters. The quantitative estimate of drug-likeness (QED) is 0.694. The lowest BCUT2D eigenvalue weighted by Crippen LogP contribution is -2.24. The summed E-state index contributed by atoms with van der Waals surface area (Å²) in [6.45, 7) is 9.22. The molecule has 1 fully saturated rings. The van der Waals surface area contributed by atoms with E-state index in [-0.39, 0.29) is 18.8 Å². The Morgan fingerprint density at radius 2 is 1.37 bits per heavy atom. The highest BCUT2D eigenvalue weighted by Gasteiger charge is 2.07. The Balaban J connectivity index is 0.000000443. The zero-order valence-electron chi connectivity index (χ0n) is 12.2. The van der Waals surface area contributed by atoms with Crippen molar-refractivity contribution in [2.24, 2.45) is 0 Å². The van der Waals surface area contributed by atoms with Crippen molar-refractivity contribution >= 4 is 0 Å². The molecule has 1 aliphatic rings. The molecule has 1 heterocycles. The van der Waals surface area contributed by atoms with Crippen LogP contribution in [0.25, 0.3) is 0 Å². The van der Waals surface area contributed by atoms with Crippen molar-refractivity contribution in [3.63, 3.8) is 0 Å². The number of hydrogen-bond acceptors (Lipinski definition) is 6. The lowest BCUT2D eigenvalue weighted by molar-refractivity contribution is -0.0620. The third kappa shape index (κ3) is 14.0. The zero-order valence-corrected chi connectivity index (χ0v) is 12.2. The molecule has 6 heteroatoms. The molecule has 1 aliphatic heterocycles. The molecule has 0 radical (unpaired) electrons. The van der Waals surface area contributed by atoms with Crippen molar-refractivity contribution in [1.82, 2.24) is 0 Å². The molecule has 0 spiro atoms. The standard InChI is InChI=1S/C9H20O4.C4H8O2/c1-7(11)5-12-9(3)6-13-8(2)4-10;1-2-6-4-3-5-1/h7-11H,4-6H2,1-3H3;1-4H2. The van der Waals surface area contributed by atoms with Crippen LogP contribution >= 0.6 is 0 Å². The van der Waals surface area contributed by atoms with E-state index >= 15 is 0 Å². The fourth-order valence-electron chi connectivity index (χ4n) is 1.14. The van der Waals surface area contributed by atoms with E-state index in [0.29, 0.717) is 13.2 Å². The van der Waals surface area contributed by atoms with Crippen LogP contribution in [0.4, 0.5) is 0 Å². The lowest BCUT2D eigenvalue weighted by Gasteiger charge is -2.16. The highest BCUT2D eigenvalue weighted by atomic mass is 16.6. The summed E-state index contributed by atoms with van der Waals surface area (Å²) in [5.74, 6) is 0. The molecule has 0 aromatic carbocycles. The normalized spacial score (nSPS) is 20.1. The first-order valence-electron chi connectivity index (χ1n) is 6.73. The third-order valence-corrected chi connectivity index (χ3v) is 2.24. The van der Waals surface area contributed by atoms with Crippen LogP contribution in [0, 0.1) is 0 Å². The van der Waals surface area contributed by atoms with Crippen LogP contribution in [0.2, 0.25) is 0 Å². The summed E-state index contributed by atoms with van der Waals surface area (Å²) in [5.41, 5.74) is 0. The minimum atomic E-state index is -0.447. The fraction of sp³-hybridized carbons (Fsp3) is 1.00. The van der Waals surface area contributed by atoms with E-state index in [0.717, 1.165) is 26.4 Å². The largest absolute Gasteiger partial charge is 0.394 e. The fourth-order valence-corrected chi connectivity index (χ4v) is 1.14. The average Bonchev–Trinajstić information content (AvgIpc) is 2.45. The van der Waals surface area contributed by atoms with Gasteiger partial charge in [0.15, 0.2) is 0 Å². The van der Waals surface area contributed by atoms with E-state index in [1.807, 2.05) is 6.92 Å². The summed E-state index contributed by atoms with van der Waals surface area (Å²) < 4.78 is 20.4. The van der Waals surface area contributed by atoms with Crippen molar-refractivity contribution in [3.05, 3.63) is 0 Å². The maximum Gasteiger partial charge on any atom is 0.0781 e. The number of hydrogen-bond donors (Lipinski definition) is 2. The second kappa shape index (κ2) is 12.8. The van der Waals surface area contributed by atoms with E-state index in [1.54, 1.807) is 13.8 Å². The maximum atomic E-state index is 8.92. The molecular formula is C13H28O6. The predicted molar refractivity (Wildman–Crippen MR) is 71.2 cm³/mol. The second-order valence-electron chi connectivity index (χ2n) is 4.54. The lowest BCUT2D eigenvalue weighted by atomic mass is 10.4. The predicted octanol–water partition coefficient (Wildman–Crippen LogP) is 0.203. The molecule has 3 atom stereocenters. The smallest absolute Gasteiger partial charge is 0.0781 e. The van der Waals surface area contributed by atoms with Crippen LogP contribution in [-0.2, 0) is 18.9 Å². The van der Waals surface area contributed by atoms with Gasteiger partial charge < -0.3 is 29.2 Å². The molecule has 0 bridgehead atoms. The van der Waals surface area contributed by atoms with Gasteiger partial charge in [-0.2, -0.15) is 0 Å². The van der Waals surface area contributed by atoms with Crippen LogP contribution in [0.15, 0.2) is 0 Å². The second-order valence-corrected chi connectivity index (χ2v) is 4.54. The van der Waals surface area contributed by atoms with Gasteiger partial charge >= 0.3 is 0 Å². The molecule has 6 nitrogen and oxygen atoms in total. The molecule has 1 rings (SSSR count). The molecular weight excluding hydrogens is 252 g/mol. The minimum Gasteiger partial charge on any atom is -0.394 e. The van der Waals surface area contributed by atoms with E-state index < -0.39 is 6.10 Å². The molecule has 0 aliphatic carbocycles. The summed E-state index contributed by atoms with van der Waals surface area (Å²) in [5, 5.41) is 17.6. The van der Waals surface area contributed by atoms with Gasteiger partial charge in [0.25, 0.3) is 0 Å². The Morgan fingerprint density at radius 3 is 1.74 bits per heavy atom. The monoisotopic (exact) mass is 280 g/mol. The first-order chi connectivity index (χ1) is 9.06. The SMILES string of the molecule is C1COCCO1.CC(O)COC(C)COC(C)CO. The summed E-state index contributed by atoms with van der Waals surface area (Å²) in [4.78, 5) is 0. The van der Waals surface area contributed by atoms with Gasteiger partial charge in [-0.15, -0.1) is 0 Å². The molecule has 19 heavy (non-hydrogen) atoms. The maximum absolute atomic E-state index is 8.92. The van der Waals surface area contributed by atoms with Gasteiger partial charge in [-0.25, -0.2) is 0 Å². The van der Waals surface area contributed by atoms with Crippen molar-refractivity contribution < 1.29 is 29.2 Å². The van der Waals surface area contributed by atoms with E-state index in [2.05, 4.69) is 0 Å². The van der Waals surface area contributed by atoms with Crippen LogP contribution in [-0.4, -0.2) is 74.8 Å². The summed E-state index contributed by atoms with van der Waals surface area (Å²) in [6, 6.07) is 0. The van der Waals surface area contributed by atoms with E-state index in [4.69, 9.17) is 29.2 Å². The number of ether oxygens (including phenoxy) is 4. The van der Waals surface area contributed by atoms with Gasteiger partial charge in [-0.3, -0.25) is 0 Å². The molecule has 0 saturated carbocycles. The topological polar surface area (TPSA) is 77.4 Å². The first-order valence-corrected chi connectivity index (χ1v) is 6.73. The van der Waals surface area contributed by atoms with Gasteiger partial charge in [-0.05, 0) is 20.8 Å². The van der Waals surface area contributed by atoms with Crippen molar-refractivity contribution in [1.29, 1.82) is 0 Å². The Bertz CT molecular complexity index is 172. The zero-order chi connectivity index (χ0) is 14.5. The highest BCUT2D eigenvalue weighted by molar-refractivity contribution is 4.52. The molecule has 1 saturated heterocycles. The minimum absolute atomic E-state index is 0.0170. The summed E-state index contributed by atoms with van der Waals surface area (Å²) in [6.07, 6.45) is -0.654. The number of rotatable bonds is 7. The van der Waals surface area contributed by atoms with Crippen molar-refractivity contribution in [2.45, 2.75) is 39.1 Å². The average molecular weight is 280 g/mol. The summed E-state index contributed by atoms with van der Waals surface area (Å²) >= 11 is 0. The van der Waals surface area contributed by atoms with Gasteiger partial charge in [0, 0.05) is 0 Å². The Labute approximate surface area is 115 Å². The van der Waals surface area contributed by atoms with Gasteiger partial charge in [0.2, 0.25) is 0 Å². The van der Waals surface area contributed by atoms with Gasteiger partial charge in [-0.1, -0.05) is 0 Å². The number of aliphatic hydroxyl groups excluding tert-OH is 2. The van der Waals surface area contributed by atoms with E-state index in [9.17, 15) is 0 Å². The molecule has 0 aromatic heterocycles. The van der Waals surface area contributed by atoms with Gasteiger partial charge in [0.05, 0.1) is 64.6 Å². The van der Waals surface area contributed by atoms with E-state index in [1.165, 1.54) is 0 Å². The van der Waals surface area contributed by atoms with Crippen LogP contribution < -0.4 is 0 Å². The Kier molecular flexibility index (Phi) is 12.6. The molecule has 2 N–H and O–H groups in total.